The maximum atomic E-state index is 12.3. The summed E-state index contributed by atoms with van der Waals surface area (Å²) in [6.45, 7) is 0.831. The summed E-state index contributed by atoms with van der Waals surface area (Å²) in [6.07, 6.45) is 0. The predicted octanol–water partition coefficient (Wildman–Crippen LogP) is 1.68. The van der Waals surface area contributed by atoms with Crippen molar-refractivity contribution in [2.45, 2.75) is 6.92 Å². The third-order valence-electron chi connectivity index (χ3n) is 3.69. The molecular formula is C19H16N4O5. The Balaban J connectivity index is 1.65. The summed E-state index contributed by atoms with van der Waals surface area (Å²) in [5.41, 5.74) is 0.436. The van der Waals surface area contributed by atoms with E-state index in [1.165, 1.54) is 6.92 Å². The molecule has 28 heavy (non-hydrogen) atoms. The second-order valence-corrected chi connectivity index (χ2v) is 5.83. The second kappa shape index (κ2) is 8.12. The topological polar surface area (TPSA) is 130 Å². The van der Waals surface area contributed by atoms with Crippen LogP contribution in [0.15, 0.2) is 53.3 Å². The number of hydrogen-bond donors (Lipinski definition) is 3. The standard InChI is InChI=1S/C19H16N4O5/c1-11(24)20-12-5-4-6-13(9-12)21-16(25)10-28-19(27)17-14-7-2-3-8-15(14)18(26)23-22-17/h2-9H,10H2,1H3,(H,20,24)(H,21,25)(H,23,26). The second-order valence-electron chi connectivity index (χ2n) is 5.83. The molecule has 0 saturated carbocycles. The highest BCUT2D eigenvalue weighted by Crippen LogP contribution is 2.16. The summed E-state index contributed by atoms with van der Waals surface area (Å²) in [5.74, 6) is -1.64. The SMILES string of the molecule is CC(=O)Nc1cccc(NC(=O)COC(=O)c2n[nH]c(=O)c3ccccc23)c1. The Morgan fingerprint density at radius 2 is 1.68 bits per heavy atom. The van der Waals surface area contributed by atoms with Crippen molar-refractivity contribution in [2.24, 2.45) is 0 Å². The maximum absolute atomic E-state index is 12.3. The number of amides is 2. The molecule has 2 amide bonds. The molecule has 2 aromatic carbocycles. The Kier molecular flexibility index (Phi) is 5.45. The summed E-state index contributed by atoms with van der Waals surface area (Å²) >= 11 is 0. The first-order chi connectivity index (χ1) is 13.4. The monoisotopic (exact) mass is 380 g/mol. The Morgan fingerprint density at radius 3 is 2.39 bits per heavy atom. The van der Waals surface area contributed by atoms with Gasteiger partial charge in [-0.05, 0) is 24.3 Å². The molecule has 0 saturated heterocycles. The maximum Gasteiger partial charge on any atom is 0.359 e. The van der Waals surface area contributed by atoms with Crippen molar-refractivity contribution in [1.29, 1.82) is 0 Å². The van der Waals surface area contributed by atoms with Crippen molar-refractivity contribution in [3.63, 3.8) is 0 Å². The van der Waals surface area contributed by atoms with E-state index in [-0.39, 0.29) is 11.6 Å². The zero-order chi connectivity index (χ0) is 20.1. The van der Waals surface area contributed by atoms with Gasteiger partial charge in [-0.15, -0.1) is 0 Å². The summed E-state index contributed by atoms with van der Waals surface area (Å²) in [4.78, 5) is 47.2. The molecule has 9 nitrogen and oxygen atoms in total. The molecule has 3 rings (SSSR count). The van der Waals surface area contributed by atoms with Gasteiger partial charge in [-0.1, -0.05) is 24.3 Å². The molecule has 142 valence electrons. The lowest BCUT2D eigenvalue weighted by Gasteiger charge is -2.09. The van der Waals surface area contributed by atoms with E-state index in [9.17, 15) is 19.2 Å². The first-order valence-electron chi connectivity index (χ1n) is 8.26. The van der Waals surface area contributed by atoms with Crippen LogP contribution >= 0.6 is 0 Å². The first kappa shape index (κ1) is 18.8. The number of aromatic nitrogens is 2. The smallest absolute Gasteiger partial charge is 0.359 e. The Labute approximate surface area is 158 Å². The minimum atomic E-state index is -0.838. The van der Waals surface area contributed by atoms with E-state index in [0.29, 0.717) is 22.1 Å². The van der Waals surface area contributed by atoms with Gasteiger partial charge in [-0.25, -0.2) is 9.89 Å². The molecule has 0 aliphatic carbocycles. The number of hydrogen-bond acceptors (Lipinski definition) is 6. The van der Waals surface area contributed by atoms with Crippen LogP contribution in [-0.4, -0.2) is 34.6 Å². The highest BCUT2D eigenvalue weighted by molar-refractivity contribution is 6.03. The molecule has 0 atom stereocenters. The molecule has 0 aliphatic rings. The highest BCUT2D eigenvalue weighted by Gasteiger charge is 2.17. The molecule has 1 aromatic heterocycles. The molecule has 3 aromatic rings. The van der Waals surface area contributed by atoms with E-state index in [1.54, 1.807) is 48.5 Å². The highest BCUT2D eigenvalue weighted by atomic mass is 16.5. The van der Waals surface area contributed by atoms with Gasteiger partial charge in [0.2, 0.25) is 5.91 Å². The molecule has 0 aliphatic heterocycles. The van der Waals surface area contributed by atoms with Gasteiger partial charge < -0.3 is 15.4 Å². The molecule has 9 heteroatoms. The van der Waals surface area contributed by atoms with Crippen molar-refractivity contribution in [3.05, 3.63) is 64.6 Å². The third-order valence-corrected chi connectivity index (χ3v) is 3.69. The number of H-pyrrole nitrogens is 1. The van der Waals surface area contributed by atoms with Crippen LogP contribution in [0.25, 0.3) is 10.8 Å². The van der Waals surface area contributed by atoms with Gasteiger partial charge in [0.15, 0.2) is 12.3 Å². The Bertz CT molecular complexity index is 1120. The normalized spacial score (nSPS) is 10.3. The van der Waals surface area contributed by atoms with E-state index in [2.05, 4.69) is 20.8 Å². The van der Waals surface area contributed by atoms with Crippen molar-refractivity contribution in [1.82, 2.24) is 10.2 Å². The van der Waals surface area contributed by atoms with Gasteiger partial charge in [-0.2, -0.15) is 5.10 Å². The molecule has 0 spiro atoms. The zero-order valence-electron chi connectivity index (χ0n) is 14.8. The fourth-order valence-corrected chi connectivity index (χ4v) is 2.54. The van der Waals surface area contributed by atoms with Crippen molar-refractivity contribution in [3.8, 4) is 0 Å². The first-order valence-corrected chi connectivity index (χ1v) is 8.26. The lowest BCUT2D eigenvalue weighted by atomic mass is 10.1. The number of nitrogens with zero attached hydrogens (tertiary/aromatic N) is 1. The summed E-state index contributed by atoms with van der Waals surface area (Å²) in [7, 11) is 0. The number of nitrogens with one attached hydrogen (secondary N) is 3. The van der Waals surface area contributed by atoms with Crippen LogP contribution in [0.3, 0.4) is 0 Å². The van der Waals surface area contributed by atoms with Crippen LogP contribution in [0.1, 0.15) is 17.4 Å². The molecule has 0 unspecified atom stereocenters. The molecule has 1 heterocycles. The Hall–Kier alpha value is -4.01. The lowest BCUT2D eigenvalue weighted by molar-refractivity contribution is -0.119. The van der Waals surface area contributed by atoms with Gasteiger partial charge in [-0.3, -0.25) is 14.4 Å². The van der Waals surface area contributed by atoms with Gasteiger partial charge in [0.1, 0.15) is 0 Å². The van der Waals surface area contributed by atoms with Crippen molar-refractivity contribution >= 4 is 39.9 Å². The van der Waals surface area contributed by atoms with E-state index < -0.39 is 24.0 Å². The van der Waals surface area contributed by atoms with E-state index in [4.69, 9.17) is 4.74 Å². The summed E-state index contributed by atoms with van der Waals surface area (Å²) in [6, 6.07) is 13.0. The fourth-order valence-electron chi connectivity index (χ4n) is 2.54. The number of ether oxygens (including phenoxy) is 1. The summed E-state index contributed by atoms with van der Waals surface area (Å²) < 4.78 is 5.00. The van der Waals surface area contributed by atoms with Crippen LogP contribution in [0.5, 0.6) is 0 Å². The number of anilines is 2. The quantitative estimate of drug-likeness (QED) is 0.577. The van der Waals surface area contributed by atoms with Gasteiger partial charge >= 0.3 is 5.97 Å². The number of rotatable bonds is 5. The van der Waals surface area contributed by atoms with Crippen LogP contribution in [0, 0.1) is 0 Å². The van der Waals surface area contributed by atoms with Crippen molar-refractivity contribution in [2.75, 3.05) is 17.2 Å². The van der Waals surface area contributed by atoms with E-state index >= 15 is 0 Å². The van der Waals surface area contributed by atoms with E-state index in [1.807, 2.05) is 0 Å². The Morgan fingerprint density at radius 1 is 1.00 bits per heavy atom. The molecule has 0 bridgehead atoms. The summed E-state index contributed by atoms with van der Waals surface area (Å²) in [5, 5.41) is 11.7. The molecule has 0 fully saturated rings. The number of aromatic amines is 1. The number of esters is 1. The average Bonchev–Trinajstić information content (AvgIpc) is 2.66. The molecular weight excluding hydrogens is 364 g/mol. The molecule has 3 N–H and O–H groups in total. The third kappa shape index (κ3) is 4.39. The van der Waals surface area contributed by atoms with Gasteiger partial charge in [0.05, 0.1) is 5.39 Å². The average molecular weight is 380 g/mol. The van der Waals surface area contributed by atoms with Crippen LogP contribution < -0.4 is 16.2 Å². The van der Waals surface area contributed by atoms with Gasteiger partial charge in [0.25, 0.3) is 11.5 Å². The van der Waals surface area contributed by atoms with Crippen LogP contribution in [-0.2, 0) is 14.3 Å². The lowest BCUT2D eigenvalue weighted by Crippen LogP contribution is -2.22. The molecule has 0 radical (unpaired) electrons. The van der Waals surface area contributed by atoms with E-state index in [0.717, 1.165) is 0 Å². The zero-order valence-corrected chi connectivity index (χ0v) is 14.8. The number of fused-ring (bicyclic) bond motifs is 1. The predicted molar refractivity (Wildman–Crippen MR) is 102 cm³/mol. The minimum Gasteiger partial charge on any atom is -0.451 e. The van der Waals surface area contributed by atoms with Crippen LogP contribution in [0.4, 0.5) is 11.4 Å². The minimum absolute atomic E-state index is 0.0874. The number of benzene rings is 2. The van der Waals surface area contributed by atoms with Crippen molar-refractivity contribution < 1.29 is 19.1 Å². The fraction of sp³-hybridized carbons (Fsp3) is 0.105. The number of carbonyl (C=O) groups excluding carboxylic acids is 3. The van der Waals surface area contributed by atoms with Gasteiger partial charge in [0, 0.05) is 23.7 Å². The van der Waals surface area contributed by atoms with Crippen LogP contribution in [0.2, 0.25) is 0 Å². The largest absolute Gasteiger partial charge is 0.451 e. The number of carbonyl (C=O) groups is 3.